The number of halogens is 1. The SMILES string of the molecule is CCc1cc(NCc2ccc(O)c(F)c2)nc(-c2ccccn2)n1. The molecule has 6 heteroatoms. The molecule has 0 saturated heterocycles. The molecule has 0 aliphatic heterocycles. The number of rotatable bonds is 5. The van der Waals surface area contributed by atoms with Crippen LogP contribution in [0, 0.1) is 5.82 Å². The fraction of sp³-hybridized carbons (Fsp3) is 0.167. The number of hydrogen-bond acceptors (Lipinski definition) is 5. The summed E-state index contributed by atoms with van der Waals surface area (Å²) in [6.45, 7) is 2.41. The predicted molar refractivity (Wildman–Crippen MR) is 90.0 cm³/mol. The summed E-state index contributed by atoms with van der Waals surface area (Å²) in [5.41, 5.74) is 2.30. The lowest BCUT2D eigenvalue weighted by atomic mass is 10.2. The molecule has 0 aliphatic rings. The number of anilines is 1. The molecule has 0 unspecified atom stereocenters. The second kappa shape index (κ2) is 7.04. The highest BCUT2D eigenvalue weighted by atomic mass is 19.1. The number of phenolic OH excluding ortho intramolecular Hbond substituents is 1. The molecule has 0 atom stereocenters. The van der Waals surface area contributed by atoms with E-state index in [4.69, 9.17) is 0 Å². The Labute approximate surface area is 139 Å². The van der Waals surface area contributed by atoms with Crippen molar-refractivity contribution < 1.29 is 9.50 Å². The number of hydrogen-bond donors (Lipinski definition) is 2. The van der Waals surface area contributed by atoms with Crippen LogP contribution >= 0.6 is 0 Å². The molecule has 2 N–H and O–H groups in total. The number of nitrogens with zero attached hydrogens (tertiary/aromatic N) is 3. The van der Waals surface area contributed by atoms with Crippen molar-refractivity contribution in [1.29, 1.82) is 0 Å². The van der Waals surface area contributed by atoms with E-state index in [-0.39, 0.29) is 5.75 Å². The minimum absolute atomic E-state index is 0.355. The molecule has 0 spiro atoms. The monoisotopic (exact) mass is 324 g/mol. The van der Waals surface area contributed by atoms with Crippen LogP contribution in [0.15, 0.2) is 48.7 Å². The molecule has 0 bridgehead atoms. The normalized spacial score (nSPS) is 10.6. The number of aryl methyl sites for hydroxylation is 1. The van der Waals surface area contributed by atoms with Gasteiger partial charge in [0.1, 0.15) is 11.5 Å². The molecule has 0 fully saturated rings. The van der Waals surface area contributed by atoms with Crippen molar-refractivity contribution >= 4 is 5.82 Å². The zero-order valence-corrected chi connectivity index (χ0v) is 13.2. The summed E-state index contributed by atoms with van der Waals surface area (Å²) in [6, 6.07) is 11.7. The fourth-order valence-electron chi connectivity index (χ4n) is 2.23. The smallest absolute Gasteiger partial charge is 0.180 e. The van der Waals surface area contributed by atoms with Crippen molar-refractivity contribution in [3.05, 3.63) is 65.7 Å². The third-order valence-electron chi connectivity index (χ3n) is 3.52. The van der Waals surface area contributed by atoms with Gasteiger partial charge in [0, 0.05) is 24.5 Å². The van der Waals surface area contributed by atoms with Gasteiger partial charge < -0.3 is 10.4 Å². The van der Waals surface area contributed by atoms with Crippen LogP contribution < -0.4 is 5.32 Å². The van der Waals surface area contributed by atoms with E-state index in [9.17, 15) is 9.50 Å². The second-order valence-corrected chi connectivity index (χ2v) is 5.28. The molecule has 5 nitrogen and oxygen atoms in total. The van der Waals surface area contributed by atoms with Crippen LogP contribution in [0.3, 0.4) is 0 Å². The average molecular weight is 324 g/mol. The van der Waals surface area contributed by atoms with Crippen molar-refractivity contribution in [1.82, 2.24) is 15.0 Å². The zero-order valence-electron chi connectivity index (χ0n) is 13.2. The van der Waals surface area contributed by atoms with E-state index in [1.54, 1.807) is 12.3 Å². The summed E-state index contributed by atoms with van der Waals surface area (Å²) in [7, 11) is 0. The highest BCUT2D eigenvalue weighted by Gasteiger charge is 2.08. The van der Waals surface area contributed by atoms with Crippen LogP contribution in [0.5, 0.6) is 5.75 Å². The molecule has 1 aromatic carbocycles. The maximum Gasteiger partial charge on any atom is 0.180 e. The van der Waals surface area contributed by atoms with E-state index < -0.39 is 5.82 Å². The van der Waals surface area contributed by atoms with Crippen molar-refractivity contribution in [2.45, 2.75) is 19.9 Å². The maximum atomic E-state index is 13.4. The van der Waals surface area contributed by atoms with Gasteiger partial charge in [0.25, 0.3) is 0 Å². The van der Waals surface area contributed by atoms with E-state index in [2.05, 4.69) is 20.3 Å². The quantitative estimate of drug-likeness (QED) is 0.751. The third kappa shape index (κ3) is 3.65. The van der Waals surface area contributed by atoms with Crippen LogP contribution in [-0.2, 0) is 13.0 Å². The Morgan fingerprint density at radius 2 is 2.00 bits per heavy atom. The minimum Gasteiger partial charge on any atom is -0.505 e. The van der Waals surface area contributed by atoms with Gasteiger partial charge in [-0.15, -0.1) is 0 Å². The first-order valence-electron chi connectivity index (χ1n) is 7.66. The first-order valence-corrected chi connectivity index (χ1v) is 7.66. The van der Waals surface area contributed by atoms with Gasteiger partial charge >= 0.3 is 0 Å². The predicted octanol–water partition coefficient (Wildman–Crippen LogP) is 3.56. The standard InChI is InChI=1S/C18H17FN4O/c1-2-13-10-17(21-11-12-6-7-16(24)14(19)9-12)23-18(22-13)15-5-3-4-8-20-15/h3-10,24H,2,11H2,1H3,(H,21,22,23). The van der Waals surface area contributed by atoms with Crippen molar-refractivity contribution in [2.75, 3.05) is 5.32 Å². The number of aromatic nitrogens is 3. The maximum absolute atomic E-state index is 13.4. The fourth-order valence-corrected chi connectivity index (χ4v) is 2.23. The van der Waals surface area contributed by atoms with Crippen LogP contribution in [0.1, 0.15) is 18.2 Å². The summed E-state index contributed by atoms with van der Waals surface area (Å²) < 4.78 is 13.4. The van der Waals surface area contributed by atoms with E-state index in [1.165, 1.54) is 12.1 Å². The average Bonchev–Trinajstić information content (AvgIpc) is 2.63. The Balaban J connectivity index is 1.83. The van der Waals surface area contributed by atoms with Crippen molar-refractivity contribution in [3.8, 4) is 17.3 Å². The minimum atomic E-state index is -0.639. The molecule has 24 heavy (non-hydrogen) atoms. The Morgan fingerprint density at radius 3 is 2.71 bits per heavy atom. The highest BCUT2D eigenvalue weighted by molar-refractivity contribution is 5.53. The molecule has 0 radical (unpaired) electrons. The van der Waals surface area contributed by atoms with Gasteiger partial charge in [-0.3, -0.25) is 4.98 Å². The van der Waals surface area contributed by atoms with Crippen LogP contribution in [0.25, 0.3) is 11.5 Å². The van der Waals surface area contributed by atoms with E-state index >= 15 is 0 Å². The van der Waals surface area contributed by atoms with Gasteiger partial charge in [0.15, 0.2) is 17.4 Å². The number of pyridine rings is 1. The molecule has 2 aromatic heterocycles. The molecular formula is C18H17FN4O. The molecule has 0 aliphatic carbocycles. The molecular weight excluding hydrogens is 307 g/mol. The lowest BCUT2D eigenvalue weighted by Gasteiger charge is -2.10. The first kappa shape index (κ1) is 15.9. The molecule has 0 amide bonds. The summed E-state index contributed by atoms with van der Waals surface area (Å²) >= 11 is 0. The van der Waals surface area contributed by atoms with E-state index in [0.29, 0.717) is 29.4 Å². The van der Waals surface area contributed by atoms with Crippen molar-refractivity contribution in [2.24, 2.45) is 0 Å². The first-order chi connectivity index (χ1) is 11.7. The molecule has 3 aromatic rings. The third-order valence-corrected chi connectivity index (χ3v) is 3.52. The Bertz CT molecular complexity index is 840. The summed E-state index contributed by atoms with van der Waals surface area (Å²) in [5, 5.41) is 12.4. The lowest BCUT2D eigenvalue weighted by Crippen LogP contribution is -2.05. The summed E-state index contributed by atoms with van der Waals surface area (Å²) in [5.74, 6) is 0.206. The number of benzene rings is 1. The van der Waals surface area contributed by atoms with E-state index in [0.717, 1.165) is 12.1 Å². The van der Waals surface area contributed by atoms with Crippen LogP contribution in [0.2, 0.25) is 0 Å². The van der Waals surface area contributed by atoms with Crippen LogP contribution in [0.4, 0.5) is 10.2 Å². The molecule has 3 rings (SSSR count). The summed E-state index contributed by atoms with van der Waals surface area (Å²) in [4.78, 5) is 13.2. The molecule has 0 saturated carbocycles. The lowest BCUT2D eigenvalue weighted by molar-refractivity contribution is 0.432. The molecule has 2 heterocycles. The Hall–Kier alpha value is -3.02. The van der Waals surface area contributed by atoms with Gasteiger partial charge in [-0.25, -0.2) is 14.4 Å². The number of phenols is 1. The zero-order chi connectivity index (χ0) is 16.9. The molecule has 122 valence electrons. The Morgan fingerprint density at radius 1 is 1.12 bits per heavy atom. The van der Waals surface area contributed by atoms with Gasteiger partial charge in [0.05, 0.1) is 0 Å². The van der Waals surface area contributed by atoms with Gasteiger partial charge in [-0.2, -0.15) is 0 Å². The van der Waals surface area contributed by atoms with Gasteiger partial charge in [-0.1, -0.05) is 19.1 Å². The largest absolute Gasteiger partial charge is 0.505 e. The number of aromatic hydroxyl groups is 1. The Kier molecular flexibility index (Phi) is 4.65. The highest BCUT2D eigenvalue weighted by Crippen LogP contribution is 2.19. The van der Waals surface area contributed by atoms with Crippen LogP contribution in [-0.4, -0.2) is 20.1 Å². The second-order valence-electron chi connectivity index (χ2n) is 5.28. The van der Waals surface area contributed by atoms with Gasteiger partial charge in [-0.05, 0) is 36.2 Å². The number of nitrogens with one attached hydrogen (secondary N) is 1. The van der Waals surface area contributed by atoms with Crippen molar-refractivity contribution in [3.63, 3.8) is 0 Å². The van der Waals surface area contributed by atoms with E-state index in [1.807, 2.05) is 31.2 Å². The summed E-state index contributed by atoms with van der Waals surface area (Å²) in [6.07, 6.45) is 2.47. The topological polar surface area (TPSA) is 70.9 Å². The van der Waals surface area contributed by atoms with Gasteiger partial charge in [0.2, 0.25) is 0 Å².